The van der Waals surface area contributed by atoms with Crippen LogP contribution in [0.15, 0.2) is 41.0 Å². The lowest BCUT2D eigenvalue weighted by molar-refractivity contribution is 0.545. The standard InChI is InChI=1S/C14H15BrClN3/c1-9-6-10(2-5-13(9)16)14(19-17)7-12-4-3-11(15)8-18-12/h2-6,8,14,19H,7,17H2,1H3. The maximum atomic E-state index is 6.04. The van der Waals surface area contributed by atoms with E-state index in [9.17, 15) is 0 Å². The van der Waals surface area contributed by atoms with E-state index in [-0.39, 0.29) is 6.04 Å². The molecule has 100 valence electrons. The van der Waals surface area contributed by atoms with E-state index in [1.807, 2.05) is 37.3 Å². The largest absolute Gasteiger partial charge is 0.271 e. The number of aromatic nitrogens is 1. The summed E-state index contributed by atoms with van der Waals surface area (Å²) in [4.78, 5) is 4.36. The molecule has 2 rings (SSSR count). The summed E-state index contributed by atoms with van der Waals surface area (Å²) >= 11 is 9.41. The second-order valence-corrected chi connectivity index (χ2v) is 5.72. The molecule has 3 nitrogen and oxygen atoms in total. The molecule has 1 aromatic carbocycles. The fourth-order valence-electron chi connectivity index (χ4n) is 1.89. The number of benzene rings is 1. The van der Waals surface area contributed by atoms with E-state index in [0.29, 0.717) is 0 Å². The minimum Gasteiger partial charge on any atom is -0.271 e. The molecule has 5 heteroatoms. The van der Waals surface area contributed by atoms with E-state index in [4.69, 9.17) is 17.4 Å². The lowest BCUT2D eigenvalue weighted by atomic mass is 10.0. The fourth-order valence-corrected chi connectivity index (χ4v) is 2.25. The van der Waals surface area contributed by atoms with Crippen molar-refractivity contribution < 1.29 is 0 Å². The van der Waals surface area contributed by atoms with E-state index in [1.165, 1.54) is 0 Å². The van der Waals surface area contributed by atoms with Gasteiger partial charge in [0.1, 0.15) is 0 Å². The van der Waals surface area contributed by atoms with Gasteiger partial charge in [-0.1, -0.05) is 23.7 Å². The Hall–Kier alpha value is -0.940. The van der Waals surface area contributed by atoms with Crippen molar-refractivity contribution in [2.24, 2.45) is 5.84 Å². The van der Waals surface area contributed by atoms with E-state index >= 15 is 0 Å². The first kappa shape index (κ1) is 14.5. The highest BCUT2D eigenvalue weighted by Crippen LogP contribution is 2.23. The van der Waals surface area contributed by atoms with Gasteiger partial charge in [-0.2, -0.15) is 0 Å². The smallest absolute Gasteiger partial charge is 0.0515 e. The van der Waals surface area contributed by atoms with Crippen LogP contribution in [0.1, 0.15) is 22.9 Å². The van der Waals surface area contributed by atoms with E-state index in [1.54, 1.807) is 6.20 Å². The van der Waals surface area contributed by atoms with Crippen molar-refractivity contribution in [3.8, 4) is 0 Å². The zero-order chi connectivity index (χ0) is 13.8. The van der Waals surface area contributed by atoms with Crippen molar-refractivity contribution in [2.45, 2.75) is 19.4 Å². The molecule has 0 radical (unpaired) electrons. The van der Waals surface area contributed by atoms with Crippen LogP contribution in [0, 0.1) is 6.92 Å². The molecule has 0 spiro atoms. The second kappa shape index (κ2) is 6.48. The molecule has 1 aromatic heterocycles. The van der Waals surface area contributed by atoms with Crippen LogP contribution in [-0.4, -0.2) is 4.98 Å². The van der Waals surface area contributed by atoms with Gasteiger partial charge in [-0.25, -0.2) is 0 Å². The van der Waals surface area contributed by atoms with Gasteiger partial charge in [-0.05, 0) is 52.2 Å². The Balaban J connectivity index is 2.19. The van der Waals surface area contributed by atoms with Crippen molar-refractivity contribution in [2.75, 3.05) is 0 Å². The third-order valence-corrected chi connectivity index (χ3v) is 3.88. The van der Waals surface area contributed by atoms with Crippen LogP contribution in [0.5, 0.6) is 0 Å². The van der Waals surface area contributed by atoms with Gasteiger partial charge in [0.05, 0.1) is 6.04 Å². The lowest BCUT2D eigenvalue weighted by Gasteiger charge is -2.17. The zero-order valence-corrected chi connectivity index (χ0v) is 12.9. The minimum atomic E-state index is 0.0182. The maximum Gasteiger partial charge on any atom is 0.0515 e. The lowest BCUT2D eigenvalue weighted by Crippen LogP contribution is -2.29. The van der Waals surface area contributed by atoms with Crippen LogP contribution < -0.4 is 11.3 Å². The predicted molar refractivity (Wildman–Crippen MR) is 81.9 cm³/mol. The number of hydrogen-bond acceptors (Lipinski definition) is 3. The van der Waals surface area contributed by atoms with Gasteiger partial charge in [0.25, 0.3) is 0 Å². The fraction of sp³-hybridized carbons (Fsp3) is 0.214. The first-order valence-corrected chi connectivity index (χ1v) is 7.10. The molecular weight excluding hydrogens is 326 g/mol. The third kappa shape index (κ3) is 3.76. The number of rotatable bonds is 4. The van der Waals surface area contributed by atoms with Gasteiger partial charge in [0.15, 0.2) is 0 Å². The summed E-state index contributed by atoms with van der Waals surface area (Å²) in [6.45, 7) is 1.98. The summed E-state index contributed by atoms with van der Waals surface area (Å²) in [6, 6.07) is 9.90. The van der Waals surface area contributed by atoms with E-state index < -0.39 is 0 Å². The Labute approximate surface area is 126 Å². The first-order valence-electron chi connectivity index (χ1n) is 5.92. The van der Waals surface area contributed by atoms with Crippen LogP contribution in [0.3, 0.4) is 0 Å². The molecular formula is C14H15BrClN3. The summed E-state index contributed by atoms with van der Waals surface area (Å²) in [5.41, 5.74) is 5.97. The molecule has 0 saturated heterocycles. The Morgan fingerprint density at radius 1 is 1.37 bits per heavy atom. The molecule has 1 heterocycles. The molecule has 0 aliphatic rings. The molecule has 19 heavy (non-hydrogen) atoms. The summed E-state index contributed by atoms with van der Waals surface area (Å²) in [7, 11) is 0. The predicted octanol–water partition coefficient (Wildman–Crippen LogP) is 3.55. The van der Waals surface area contributed by atoms with Crippen molar-refractivity contribution in [3.05, 3.63) is 62.8 Å². The Morgan fingerprint density at radius 3 is 2.74 bits per heavy atom. The highest BCUT2D eigenvalue weighted by Gasteiger charge is 2.12. The van der Waals surface area contributed by atoms with Gasteiger partial charge < -0.3 is 0 Å². The Kier molecular flexibility index (Phi) is 4.93. The topological polar surface area (TPSA) is 50.9 Å². The minimum absolute atomic E-state index is 0.0182. The van der Waals surface area contributed by atoms with Crippen molar-refractivity contribution in [1.29, 1.82) is 0 Å². The average molecular weight is 341 g/mol. The Bertz CT molecular complexity index is 557. The van der Waals surface area contributed by atoms with Gasteiger partial charge in [0, 0.05) is 27.8 Å². The van der Waals surface area contributed by atoms with E-state index in [0.717, 1.165) is 32.7 Å². The number of halogens is 2. The number of nitrogens with two attached hydrogens (primary N) is 1. The summed E-state index contributed by atoms with van der Waals surface area (Å²) in [6.07, 6.45) is 2.51. The third-order valence-electron chi connectivity index (χ3n) is 2.99. The van der Waals surface area contributed by atoms with Gasteiger partial charge >= 0.3 is 0 Å². The van der Waals surface area contributed by atoms with Crippen LogP contribution in [0.2, 0.25) is 5.02 Å². The number of nitrogens with zero attached hydrogens (tertiary/aromatic N) is 1. The zero-order valence-electron chi connectivity index (χ0n) is 10.5. The molecule has 3 N–H and O–H groups in total. The average Bonchev–Trinajstić information content (AvgIpc) is 2.41. The second-order valence-electron chi connectivity index (χ2n) is 4.40. The monoisotopic (exact) mass is 339 g/mol. The summed E-state index contributed by atoms with van der Waals surface area (Å²) in [5.74, 6) is 5.65. The molecule has 0 aliphatic carbocycles. The molecule has 0 bridgehead atoms. The molecule has 1 unspecified atom stereocenters. The molecule has 0 fully saturated rings. The van der Waals surface area contributed by atoms with Crippen LogP contribution in [0.4, 0.5) is 0 Å². The number of aryl methyl sites for hydroxylation is 1. The van der Waals surface area contributed by atoms with Crippen LogP contribution >= 0.6 is 27.5 Å². The van der Waals surface area contributed by atoms with Crippen molar-refractivity contribution in [3.63, 3.8) is 0 Å². The van der Waals surface area contributed by atoms with E-state index in [2.05, 4.69) is 26.3 Å². The highest BCUT2D eigenvalue weighted by molar-refractivity contribution is 9.10. The number of hydrazine groups is 1. The number of hydrogen-bond donors (Lipinski definition) is 2. The number of pyridine rings is 1. The molecule has 0 amide bonds. The van der Waals surface area contributed by atoms with Crippen molar-refractivity contribution in [1.82, 2.24) is 10.4 Å². The summed E-state index contributed by atoms with van der Waals surface area (Å²) < 4.78 is 0.968. The number of nitrogens with one attached hydrogen (secondary N) is 1. The first-order chi connectivity index (χ1) is 9.10. The van der Waals surface area contributed by atoms with Gasteiger partial charge in [-0.3, -0.25) is 16.3 Å². The normalized spacial score (nSPS) is 12.4. The SMILES string of the molecule is Cc1cc(C(Cc2ccc(Br)cn2)NN)ccc1Cl. The van der Waals surface area contributed by atoms with Crippen molar-refractivity contribution >= 4 is 27.5 Å². The van der Waals surface area contributed by atoms with Gasteiger partial charge in [-0.15, -0.1) is 0 Å². The molecule has 0 saturated carbocycles. The highest BCUT2D eigenvalue weighted by atomic mass is 79.9. The molecule has 0 aliphatic heterocycles. The van der Waals surface area contributed by atoms with Gasteiger partial charge in [0.2, 0.25) is 0 Å². The summed E-state index contributed by atoms with van der Waals surface area (Å²) in [5, 5.41) is 0.765. The molecule has 1 atom stereocenters. The Morgan fingerprint density at radius 2 is 2.16 bits per heavy atom. The quantitative estimate of drug-likeness (QED) is 0.661. The molecule has 2 aromatic rings. The van der Waals surface area contributed by atoms with Crippen LogP contribution in [0.25, 0.3) is 0 Å². The maximum absolute atomic E-state index is 6.04. The van der Waals surface area contributed by atoms with Crippen LogP contribution in [-0.2, 0) is 6.42 Å².